The Bertz CT molecular complexity index is 785. The zero-order chi connectivity index (χ0) is 13.5. The maximum Gasteiger partial charge on any atom is 0.190 e. The molecule has 0 aliphatic carbocycles. The molecule has 0 saturated carbocycles. The number of rotatable bonds is 1. The second-order valence-electron chi connectivity index (χ2n) is 4.44. The first-order valence-electron chi connectivity index (χ1n) is 6.16. The van der Waals surface area contributed by atoms with E-state index in [4.69, 9.17) is 15.2 Å². The molecule has 0 spiro atoms. The van der Waals surface area contributed by atoms with E-state index in [0.29, 0.717) is 35.2 Å². The van der Waals surface area contributed by atoms with Crippen LogP contribution in [-0.4, -0.2) is 26.5 Å². The van der Waals surface area contributed by atoms with Gasteiger partial charge in [0.25, 0.3) is 0 Å². The highest BCUT2D eigenvalue weighted by Gasteiger charge is 2.25. The summed E-state index contributed by atoms with van der Waals surface area (Å²) in [5, 5.41) is 0. The molecule has 1 aliphatic heterocycles. The number of aromatic amines is 1. The number of ether oxygens (including phenoxy) is 2. The maximum atomic E-state index is 5.88. The van der Waals surface area contributed by atoms with Crippen LogP contribution in [0.1, 0.15) is 11.9 Å². The van der Waals surface area contributed by atoms with Gasteiger partial charge in [0.2, 0.25) is 0 Å². The monoisotopic (exact) mass is 269 g/mol. The molecule has 7 nitrogen and oxygen atoms in total. The van der Waals surface area contributed by atoms with E-state index in [1.807, 2.05) is 24.3 Å². The van der Waals surface area contributed by atoms with E-state index < -0.39 is 0 Å². The fourth-order valence-electron chi connectivity index (χ4n) is 2.17. The van der Waals surface area contributed by atoms with Gasteiger partial charge in [0.05, 0.1) is 0 Å². The standard InChI is InChI=1S/C13H11N5O2/c14-11-10-13(16-6-15-11)18-12(17-10)9-5-19-7-3-1-2-4-8(7)20-9/h1-4,6,9H,5H2,(H3,14,15,16,17,18). The highest BCUT2D eigenvalue weighted by Crippen LogP contribution is 2.35. The number of hydrogen-bond donors (Lipinski definition) is 2. The van der Waals surface area contributed by atoms with Crippen LogP contribution >= 0.6 is 0 Å². The van der Waals surface area contributed by atoms with E-state index in [-0.39, 0.29) is 6.10 Å². The molecule has 0 fully saturated rings. The average molecular weight is 269 g/mol. The smallest absolute Gasteiger partial charge is 0.190 e. The van der Waals surface area contributed by atoms with Crippen molar-refractivity contribution >= 4 is 17.0 Å². The quantitative estimate of drug-likeness (QED) is 0.693. The Morgan fingerprint density at radius 2 is 2.05 bits per heavy atom. The largest absolute Gasteiger partial charge is 0.485 e. The minimum atomic E-state index is -0.321. The molecular formula is C13H11N5O2. The first-order chi connectivity index (χ1) is 9.81. The van der Waals surface area contributed by atoms with E-state index >= 15 is 0 Å². The molecule has 3 heterocycles. The number of nitrogens with one attached hydrogen (secondary N) is 1. The SMILES string of the molecule is Nc1ncnc2nc(C3COc4ccccc4O3)[nH]c12. The third-order valence-corrected chi connectivity index (χ3v) is 3.15. The van der Waals surface area contributed by atoms with Crippen molar-refractivity contribution in [2.75, 3.05) is 12.3 Å². The van der Waals surface area contributed by atoms with Crippen molar-refractivity contribution in [2.24, 2.45) is 0 Å². The fourth-order valence-corrected chi connectivity index (χ4v) is 2.17. The van der Waals surface area contributed by atoms with Crippen molar-refractivity contribution < 1.29 is 9.47 Å². The average Bonchev–Trinajstić information content (AvgIpc) is 2.92. The summed E-state index contributed by atoms with van der Waals surface area (Å²) in [6, 6.07) is 7.53. The number of nitrogens with two attached hydrogens (primary N) is 1. The van der Waals surface area contributed by atoms with Gasteiger partial charge in [-0.2, -0.15) is 0 Å². The number of fused-ring (bicyclic) bond motifs is 2. The summed E-state index contributed by atoms with van der Waals surface area (Å²) in [6.07, 6.45) is 1.06. The lowest BCUT2D eigenvalue weighted by Gasteiger charge is -2.24. The molecule has 3 N–H and O–H groups in total. The van der Waals surface area contributed by atoms with E-state index in [1.165, 1.54) is 6.33 Å². The molecule has 0 radical (unpaired) electrons. The molecule has 1 atom stereocenters. The normalized spacial score (nSPS) is 17.3. The molecule has 0 amide bonds. The van der Waals surface area contributed by atoms with Crippen LogP contribution in [0, 0.1) is 0 Å². The number of imidazole rings is 1. The Hall–Kier alpha value is -2.83. The van der Waals surface area contributed by atoms with Gasteiger partial charge in [0, 0.05) is 0 Å². The predicted octanol–water partition coefficient (Wildman–Crippen LogP) is 1.45. The van der Waals surface area contributed by atoms with Gasteiger partial charge in [-0.3, -0.25) is 0 Å². The molecule has 3 aromatic rings. The second kappa shape index (κ2) is 4.09. The van der Waals surface area contributed by atoms with Gasteiger partial charge < -0.3 is 20.2 Å². The summed E-state index contributed by atoms with van der Waals surface area (Å²) in [5.41, 5.74) is 6.92. The van der Waals surface area contributed by atoms with E-state index in [2.05, 4.69) is 19.9 Å². The number of aromatic nitrogens is 4. The zero-order valence-corrected chi connectivity index (χ0v) is 10.4. The lowest BCUT2D eigenvalue weighted by atomic mass is 10.2. The van der Waals surface area contributed by atoms with Crippen molar-refractivity contribution in [3.05, 3.63) is 36.4 Å². The van der Waals surface area contributed by atoms with Gasteiger partial charge >= 0.3 is 0 Å². The molecular weight excluding hydrogens is 258 g/mol. The van der Waals surface area contributed by atoms with Gasteiger partial charge in [0.1, 0.15) is 18.5 Å². The minimum Gasteiger partial charge on any atom is -0.485 e. The number of H-pyrrole nitrogens is 1. The van der Waals surface area contributed by atoms with Crippen LogP contribution < -0.4 is 15.2 Å². The Balaban J connectivity index is 1.72. The Morgan fingerprint density at radius 3 is 2.90 bits per heavy atom. The van der Waals surface area contributed by atoms with Crippen LogP contribution in [0.25, 0.3) is 11.2 Å². The lowest BCUT2D eigenvalue weighted by molar-refractivity contribution is 0.0859. The predicted molar refractivity (Wildman–Crippen MR) is 71.4 cm³/mol. The second-order valence-corrected chi connectivity index (χ2v) is 4.44. The molecule has 1 unspecified atom stereocenters. The third kappa shape index (κ3) is 1.63. The lowest BCUT2D eigenvalue weighted by Crippen LogP contribution is -2.22. The molecule has 0 bridgehead atoms. The van der Waals surface area contributed by atoms with Crippen LogP contribution in [0.4, 0.5) is 5.82 Å². The number of anilines is 1. The van der Waals surface area contributed by atoms with Crippen molar-refractivity contribution in [2.45, 2.75) is 6.10 Å². The molecule has 4 rings (SSSR count). The summed E-state index contributed by atoms with van der Waals surface area (Å²) in [5.74, 6) is 2.43. The Labute approximate surface area is 113 Å². The molecule has 0 saturated heterocycles. The minimum absolute atomic E-state index is 0.321. The summed E-state index contributed by atoms with van der Waals surface area (Å²) < 4.78 is 11.5. The maximum absolute atomic E-state index is 5.88. The van der Waals surface area contributed by atoms with Crippen molar-refractivity contribution in [1.29, 1.82) is 0 Å². The third-order valence-electron chi connectivity index (χ3n) is 3.15. The van der Waals surface area contributed by atoms with Gasteiger partial charge in [-0.25, -0.2) is 15.0 Å². The van der Waals surface area contributed by atoms with Gasteiger partial charge in [-0.15, -0.1) is 0 Å². The van der Waals surface area contributed by atoms with Crippen molar-refractivity contribution in [3.63, 3.8) is 0 Å². The van der Waals surface area contributed by atoms with Crippen LogP contribution in [0.2, 0.25) is 0 Å². The van der Waals surface area contributed by atoms with Gasteiger partial charge in [-0.1, -0.05) is 12.1 Å². The molecule has 7 heteroatoms. The number of benzene rings is 1. The summed E-state index contributed by atoms with van der Waals surface area (Å²) >= 11 is 0. The summed E-state index contributed by atoms with van der Waals surface area (Å²) in [6.45, 7) is 0.379. The van der Waals surface area contributed by atoms with Gasteiger partial charge in [-0.05, 0) is 12.1 Å². The van der Waals surface area contributed by atoms with Crippen molar-refractivity contribution in [1.82, 2.24) is 19.9 Å². The number of para-hydroxylation sites is 2. The molecule has 1 aliphatic rings. The van der Waals surface area contributed by atoms with Crippen LogP contribution in [0.3, 0.4) is 0 Å². The van der Waals surface area contributed by atoms with E-state index in [9.17, 15) is 0 Å². The zero-order valence-electron chi connectivity index (χ0n) is 10.4. The van der Waals surface area contributed by atoms with Crippen LogP contribution in [0.5, 0.6) is 11.5 Å². The summed E-state index contributed by atoms with van der Waals surface area (Å²) in [4.78, 5) is 15.5. The fraction of sp³-hybridized carbons (Fsp3) is 0.154. The van der Waals surface area contributed by atoms with E-state index in [0.717, 1.165) is 5.75 Å². The van der Waals surface area contributed by atoms with Crippen molar-refractivity contribution in [3.8, 4) is 11.5 Å². The molecule has 1 aromatic carbocycles. The Kier molecular flexibility index (Phi) is 2.26. The highest BCUT2D eigenvalue weighted by molar-refractivity contribution is 5.81. The summed E-state index contributed by atoms with van der Waals surface area (Å²) in [7, 11) is 0. The Morgan fingerprint density at radius 1 is 1.20 bits per heavy atom. The number of nitrogens with zero attached hydrogens (tertiary/aromatic N) is 3. The first-order valence-corrected chi connectivity index (χ1v) is 6.16. The topological polar surface area (TPSA) is 98.9 Å². The molecule has 20 heavy (non-hydrogen) atoms. The molecule has 100 valence electrons. The number of nitrogen functional groups attached to an aromatic ring is 1. The van der Waals surface area contributed by atoms with E-state index in [1.54, 1.807) is 0 Å². The van der Waals surface area contributed by atoms with Gasteiger partial charge in [0.15, 0.2) is 34.9 Å². The van der Waals surface area contributed by atoms with Crippen LogP contribution in [0.15, 0.2) is 30.6 Å². The van der Waals surface area contributed by atoms with Crippen LogP contribution in [-0.2, 0) is 0 Å². The highest BCUT2D eigenvalue weighted by atomic mass is 16.6. The first kappa shape index (κ1) is 11.0. The number of hydrogen-bond acceptors (Lipinski definition) is 6. The molecule has 2 aromatic heterocycles.